The average molecular weight is 382 g/mol. The normalized spacial score (nSPS) is 11.8. The van der Waals surface area contributed by atoms with Gasteiger partial charge in [-0.15, -0.1) is 0 Å². The highest BCUT2D eigenvalue weighted by Gasteiger charge is 2.39. The smallest absolute Gasteiger partial charge is 0.500 e. The van der Waals surface area contributed by atoms with Crippen molar-refractivity contribution in [2.45, 2.75) is 39.7 Å². The third-order valence-electron chi connectivity index (χ3n) is 3.53. The second kappa shape index (κ2) is 12.6. The Morgan fingerprint density at radius 3 is 2.08 bits per heavy atom. The van der Waals surface area contributed by atoms with Crippen LogP contribution in [0.2, 0.25) is 6.04 Å². The quantitative estimate of drug-likeness (QED) is 0.280. The van der Waals surface area contributed by atoms with Crippen LogP contribution in [0.15, 0.2) is 30.3 Å². The van der Waals surface area contributed by atoms with Crippen molar-refractivity contribution in [1.82, 2.24) is 0 Å². The molecule has 0 aliphatic heterocycles. The molecule has 0 heterocycles. The van der Waals surface area contributed by atoms with Gasteiger partial charge in [-0.2, -0.15) is 0 Å². The van der Waals surface area contributed by atoms with Gasteiger partial charge in [0, 0.05) is 25.9 Å². The lowest BCUT2D eigenvalue weighted by molar-refractivity contribution is -0.297. The second-order valence-electron chi connectivity index (χ2n) is 5.51. The van der Waals surface area contributed by atoms with Crippen LogP contribution >= 0.6 is 0 Å². The fourth-order valence-electron chi connectivity index (χ4n) is 2.47. The van der Waals surface area contributed by atoms with E-state index < -0.39 is 14.8 Å². The summed E-state index contributed by atoms with van der Waals surface area (Å²) in [5.41, 5.74) is 0.780. The average Bonchev–Trinajstić information content (AvgIpc) is 2.61. The van der Waals surface area contributed by atoms with Gasteiger partial charge in [0.1, 0.15) is 5.75 Å². The van der Waals surface area contributed by atoms with Crippen molar-refractivity contribution in [1.29, 1.82) is 0 Å². The van der Waals surface area contributed by atoms with E-state index in [1.807, 2.05) is 32.9 Å². The molecule has 26 heavy (non-hydrogen) atoms. The van der Waals surface area contributed by atoms with Crippen molar-refractivity contribution < 1.29 is 27.9 Å². The summed E-state index contributed by atoms with van der Waals surface area (Å²) in [7, 11) is -2.57. The standard InChI is InChI=1S/C19H30O6Si/c1-4-23-26(24-5-2,25-6-3)16-8-7-15-22-18-12-9-17(10-13-18)11-14-19(20)21/h9-14H,4-8,15-16H2,1-3H3,(H,20,21)/p-1/b14-11+. The van der Waals surface area contributed by atoms with Crippen LogP contribution in [-0.2, 0) is 18.1 Å². The summed E-state index contributed by atoms with van der Waals surface area (Å²) in [5, 5.41) is 10.4. The number of hydrogen-bond donors (Lipinski definition) is 0. The lowest BCUT2D eigenvalue weighted by atomic mass is 10.2. The Morgan fingerprint density at radius 2 is 1.58 bits per heavy atom. The lowest BCUT2D eigenvalue weighted by Crippen LogP contribution is -2.45. The lowest BCUT2D eigenvalue weighted by Gasteiger charge is -2.28. The molecule has 0 aliphatic carbocycles. The molecule has 1 rings (SSSR count). The molecular formula is C19H29O6Si-. The van der Waals surface area contributed by atoms with E-state index in [0.29, 0.717) is 26.4 Å². The van der Waals surface area contributed by atoms with Crippen molar-refractivity contribution in [3.8, 4) is 5.75 Å². The first kappa shape index (κ1) is 22.4. The zero-order chi connectivity index (χ0) is 19.3. The minimum atomic E-state index is -2.57. The first-order valence-electron chi connectivity index (χ1n) is 9.09. The molecule has 0 N–H and O–H groups in total. The van der Waals surface area contributed by atoms with Gasteiger partial charge in [-0.05, 0) is 57.4 Å². The summed E-state index contributed by atoms with van der Waals surface area (Å²) < 4.78 is 23.2. The van der Waals surface area contributed by atoms with Crippen LogP contribution in [0.4, 0.5) is 0 Å². The minimum absolute atomic E-state index is 0.585. The Kier molecular flexibility index (Phi) is 10.9. The summed E-state index contributed by atoms with van der Waals surface area (Å²) >= 11 is 0. The SMILES string of the molecule is CCO[Si](CCCCOc1ccc(/C=C/C(=O)[O-])cc1)(OCC)OCC. The number of carbonyl (C=O) groups excluding carboxylic acids is 1. The van der Waals surface area contributed by atoms with E-state index in [9.17, 15) is 9.90 Å². The Labute approximate surface area is 157 Å². The van der Waals surface area contributed by atoms with Gasteiger partial charge in [0.2, 0.25) is 0 Å². The molecule has 0 amide bonds. The van der Waals surface area contributed by atoms with Crippen LogP contribution < -0.4 is 9.84 Å². The number of unbranched alkanes of at least 4 members (excludes halogenated alkanes) is 1. The molecule has 0 saturated carbocycles. The van der Waals surface area contributed by atoms with Crippen molar-refractivity contribution in [2.75, 3.05) is 26.4 Å². The highest BCUT2D eigenvalue weighted by molar-refractivity contribution is 6.60. The van der Waals surface area contributed by atoms with Gasteiger partial charge in [0.25, 0.3) is 0 Å². The molecule has 0 radical (unpaired) electrons. The largest absolute Gasteiger partial charge is 0.545 e. The van der Waals surface area contributed by atoms with E-state index in [1.54, 1.807) is 12.1 Å². The van der Waals surface area contributed by atoms with Crippen LogP contribution in [0.1, 0.15) is 39.2 Å². The molecular weight excluding hydrogens is 352 g/mol. The fraction of sp³-hybridized carbons (Fsp3) is 0.526. The summed E-state index contributed by atoms with van der Waals surface area (Å²) in [4.78, 5) is 10.4. The number of carboxylic acids is 1. The van der Waals surface area contributed by atoms with Gasteiger partial charge in [0.05, 0.1) is 12.6 Å². The molecule has 0 fully saturated rings. The van der Waals surface area contributed by atoms with E-state index in [0.717, 1.165) is 36.3 Å². The Bertz CT molecular complexity index is 526. The summed E-state index contributed by atoms with van der Waals surface area (Å²) in [6.45, 7) is 8.20. The number of benzene rings is 1. The highest BCUT2D eigenvalue weighted by Crippen LogP contribution is 2.20. The maximum Gasteiger partial charge on any atom is 0.500 e. The Hall–Kier alpha value is -1.67. The molecule has 0 bridgehead atoms. The maximum absolute atomic E-state index is 10.4. The molecule has 0 aliphatic rings. The summed E-state index contributed by atoms with van der Waals surface area (Å²) in [6.07, 6.45) is 4.26. The van der Waals surface area contributed by atoms with E-state index in [-0.39, 0.29) is 0 Å². The molecule has 0 unspecified atom stereocenters. The number of carboxylic acid groups (broad SMARTS) is 1. The van der Waals surface area contributed by atoms with Gasteiger partial charge >= 0.3 is 8.80 Å². The van der Waals surface area contributed by atoms with Gasteiger partial charge in [-0.3, -0.25) is 0 Å². The third-order valence-corrected chi connectivity index (χ3v) is 6.68. The predicted molar refractivity (Wildman–Crippen MR) is 101 cm³/mol. The number of hydrogen-bond acceptors (Lipinski definition) is 6. The zero-order valence-electron chi connectivity index (χ0n) is 15.9. The molecule has 0 aromatic heterocycles. The molecule has 1 aromatic carbocycles. The van der Waals surface area contributed by atoms with Crippen LogP contribution in [-0.4, -0.2) is 41.2 Å². The summed E-state index contributed by atoms with van der Waals surface area (Å²) in [5.74, 6) is -0.463. The van der Waals surface area contributed by atoms with Crippen molar-refractivity contribution in [3.05, 3.63) is 35.9 Å². The van der Waals surface area contributed by atoms with Gasteiger partial charge in [-0.1, -0.05) is 18.2 Å². The molecule has 1 aromatic rings. The third kappa shape index (κ3) is 8.62. The first-order valence-corrected chi connectivity index (χ1v) is 11.0. The van der Waals surface area contributed by atoms with Gasteiger partial charge in [-0.25, -0.2) is 0 Å². The molecule has 7 heteroatoms. The van der Waals surface area contributed by atoms with Gasteiger partial charge in [0.15, 0.2) is 0 Å². The van der Waals surface area contributed by atoms with Crippen molar-refractivity contribution >= 4 is 20.8 Å². The van der Waals surface area contributed by atoms with E-state index >= 15 is 0 Å². The van der Waals surface area contributed by atoms with Crippen LogP contribution in [0.3, 0.4) is 0 Å². The van der Waals surface area contributed by atoms with Crippen molar-refractivity contribution in [2.24, 2.45) is 0 Å². The topological polar surface area (TPSA) is 77.1 Å². The minimum Gasteiger partial charge on any atom is -0.545 e. The summed E-state index contributed by atoms with van der Waals surface area (Å²) in [6, 6.07) is 8.00. The monoisotopic (exact) mass is 381 g/mol. The molecule has 0 spiro atoms. The van der Waals surface area contributed by atoms with Crippen LogP contribution in [0, 0.1) is 0 Å². The van der Waals surface area contributed by atoms with Crippen LogP contribution in [0.5, 0.6) is 5.75 Å². The number of aliphatic carboxylic acids is 1. The molecule has 6 nitrogen and oxygen atoms in total. The molecule has 146 valence electrons. The zero-order valence-corrected chi connectivity index (χ0v) is 16.9. The van der Waals surface area contributed by atoms with Crippen molar-refractivity contribution in [3.63, 3.8) is 0 Å². The second-order valence-corrected chi connectivity index (χ2v) is 8.24. The fourth-order valence-corrected chi connectivity index (χ4v) is 5.16. The van der Waals surface area contributed by atoms with E-state index in [1.165, 1.54) is 6.08 Å². The Balaban J connectivity index is 2.39. The van der Waals surface area contributed by atoms with E-state index in [4.69, 9.17) is 18.0 Å². The predicted octanol–water partition coefficient (Wildman–Crippen LogP) is 2.66. The van der Waals surface area contributed by atoms with Crippen LogP contribution in [0.25, 0.3) is 6.08 Å². The number of ether oxygens (including phenoxy) is 1. The first-order chi connectivity index (χ1) is 12.5. The van der Waals surface area contributed by atoms with E-state index in [2.05, 4.69) is 0 Å². The molecule has 0 atom stereocenters. The highest BCUT2D eigenvalue weighted by atomic mass is 28.4. The molecule has 0 saturated heterocycles. The number of rotatable bonds is 14. The van der Waals surface area contributed by atoms with Gasteiger partial charge < -0.3 is 27.9 Å². The maximum atomic E-state index is 10.4. The Morgan fingerprint density at radius 1 is 1.00 bits per heavy atom. The number of carbonyl (C=O) groups is 1.